The van der Waals surface area contributed by atoms with Crippen LogP contribution in [0.3, 0.4) is 0 Å². The predicted molar refractivity (Wildman–Crippen MR) is 96.7 cm³/mol. The molecule has 3 heteroatoms. The van der Waals surface area contributed by atoms with E-state index < -0.39 is 0 Å². The predicted octanol–water partition coefficient (Wildman–Crippen LogP) is 5.00. The Morgan fingerprint density at radius 2 is 1.88 bits per heavy atom. The molecular formula is C21H26O3. The van der Waals surface area contributed by atoms with Crippen LogP contribution < -0.4 is 4.74 Å². The van der Waals surface area contributed by atoms with Gasteiger partial charge in [0.05, 0.1) is 18.8 Å². The summed E-state index contributed by atoms with van der Waals surface area (Å²) in [5.74, 6) is 1.19. The van der Waals surface area contributed by atoms with Crippen LogP contribution in [0.2, 0.25) is 0 Å². The topological polar surface area (TPSA) is 35.5 Å². The molecule has 0 aliphatic heterocycles. The third-order valence-electron chi connectivity index (χ3n) is 4.15. The van der Waals surface area contributed by atoms with Crippen molar-refractivity contribution in [3.05, 3.63) is 65.2 Å². The molecular weight excluding hydrogens is 300 g/mol. The first-order valence-corrected chi connectivity index (χ1v) is 8.51. The van der Waals surface area contributed by atoms with Gasteiger partial charge in [0.1, 0.15) is 12.4 Å². The van der Waals surface area contributed by atoms with Gasteiger partial charge in [0.2, 0.25) is 0 Å². The SMILES string of the molecule is CCC(C)c1cccc(COCCOc2ccccc2C(C)=O)c1. The zero-order valence-corrected chi connectivity index (χ0v) is 14.7. The van der Waals surface area contributed by atoms with Gasteiger partial charge < -0.3 is 9.47 Å². The molecule has 0 saturated heterocycles. The van der Waals surface area contributed by atoms with Crippen molar-refractivity contribution in [2.75, 3.05) is 13.2 Å². The third kappa shape index (κ3) is 5.20. The summed E-state index contributed by atoms with van der Waals surface area (Å²) in [4.78, 5) is 11.5. The minimum atomic E-state index is 0.00776. The highest BCUT2D eigenvalue weighted by molar-refractivity contribution is 5.96. The summed E-state index contributed by atoms with van der Waals surface area (Å²) in [5.41, 5.74) is 3.14. The molecule has 0 saturated carbocycles. The van der Waals surface area contributed by atoms with E-state index in [0.29, 0.717) is 37.1 Å². The van der Waals surface area contributed by atoms with Gasteiger partial charge in [-0.1, -0.05) is 50.2 Å². The number of hydrogen-bond donors (Lipinski definition) is 0. The maximum atomic E-state index is 11.5. The number of para-hydroxylation sites is 1. The second-order valence-electron chi connectivity index (χ2n) is 6.01. The average molecular weight is 326 g/mol. The normalized spacial score (nSPS) is 12.0. The van der Waals surface area contributed by atoms with E-state index in [9.17, 15) is 4.79 Å². The van der Waals surface area contributed by atoms with Gasteiger partial charge in [0.15, 0.2) is 5.78 Å². The quantitative estimate of drug-likeness (QED) is 0.480. The summed E-state index contributed by atoms with van der Waals surface area (Å²) >= 11 is 0. The Hall–Kier alpha value is -2.13. The first-order chi connectivity index (χ1) is 11.6. The standard InChI is InChI=1S/C21H26O3/c1-4-16(2)19-9-7-8-18(14-19)15-23-12-13-24-21-11-6-5-10-20(21)17(3)22/h5-11,14,16H,4,12-13,15H2,1-3H3. The Bertz CT molecular complexity index is 664. The van der Waals surface area contributed by atoms with Crippen molar-refractivity contribution in [1.82, 2.24) is 0 Å². The van der Waals surface area contributed by atoms with Gasteiger partial charge in [-0.3, -0.25) is 4.79 Å². The van der Waals surface area contributed by atoms with Gasteiger partial charge in [-0.15, -0.1) is 0 Å². The molecule has 3 nitrogen and oxygen atoms in total. The van der Waals surface area contributed by atoms with Crippen molar-refractivity contribution in [2.24, 2.45) is 0 Å². The minimum Gasteiger partial charge on any atom is -0.490 e. The summed E-state index contributed by atoms with van der Waals surface area (Å²) in [6.45, 7) is 7.46. The molecule has 0 aromatic heterocycles. The van der Waals surface area contributed by atoms with Gasteiger partial charge >= 0.3 is 0 Å². The molecule has 128 valence electrons. The van der Waals surface area contributed by atoms with Gasteiger partial charge in [-0.25, -0.2) is 0 Å². The lowest BCUT2D eigenvalue weighted by molar-refractivity contribution is 0.0875. The maximum absolute atomic E-state index is 11.5. The van der Waals surface area contributed by atoms with E-state index in [0.717, 1.165) is 6.42 Å². The van der Waals surface area contributed by atoms with Crippen LogP contribution in [0.4, 0.5) is 0 Å². The molecule has 0 spiro atoms. The molecule has 0 bridgehead atoms. The van der Waals surface area contributed by atoms with Crippen LogP contribution in [-0.4, -0.2) is 19.0 Å². The van der Waals surface area contributed by atoms with Crippen LogP contribution >= 0.6 is 0 Å². The van der Waals surface area contributed by atoms with E-state index in [4.69, 9.17) is 9.47 Å². The Morgan fingerprint density at radius 3 is 2.62 bits per heavy atom. The molecule has 0 N–H and O–H groups in total. The van der Waals surface area contributed by atoms with E-state index in [1.165, 1.54) is 11.1 Å². The molecule has 0 radical (unpaired) electrons. The fraction of sp³-hybridized carbons (Fsp3) is 0.381. The fourth-order valence-corrected chi connectivity index (χ4v) is 2.51. The zero-order chi connectivity index (χ0) is 17.4. The van der Waals surface area contributed by atoms with E-state index in [-0.39, 0.29) is 5.78 Å². The minimum absolute atomic E-state index is 0.00776. The Kier molecular flexibility index (Phi) is 7.01. The lowest BCUT2D eigenvalue weighted by atomic mass is 9.97. The summed E-state index contributed by atoms with van der Waals surface area (Å²) in [5, 5.41) is 0. The number of carbonyl (C=O) groups is 1. The summed E-state index contributed by atoms with van der Waals surface area (Å²) in [7, 11) is 0. The lowest BCUT2D eigenvalue weighted by Crippen LogP contribution is -2.09. The Labute approximate surface area is 144 Å². The maximum Gasteiger partial charge on any atom is 0.163 e. The first-order valence-electron chi connectivity index (χ1n) is 8.51. The molecule has 0 amide bonds. The number of rotatable bonds is 9. The van der Waals surface area contributed by atoms with Crippen molar-refractivity contribution in [3.63, 3.8) is 0 Å². The second-order valence-corrected chi connectivity index (χ2v) is 6.01. The van der Waals surface area contributed by atoms with Crippen molar-refractivity contribution in [2.45, 2.75) is 39.7 Å². The molecule has 0 aliphatic rings. The molecule has 0 fully saturated rings. The van der Waals surface area contributed by atoms with Crippen molar-refractivity contribution in [3.8, 4) is 5.75 Å². The zero-order valence-electron chi connectivity index (χ0n) is 14.7. The van der Waals surface area contributed by atoms with Gasteiger partial charge in [0, 0.05) is 0 Å². The van der Waals surface area contributed by atoms with E-state index in [1.54, 1.807) is 13.0 Å². The van der Waals surface area contributed by atoms with Crippen molar-refractivity contribution in [1.29, 1.82) is 0 Å². The largest absolute Gasteiger partial charge is 0.490 e. The Balaban J connectivity index is 1.79. The van der Waals surface area contributed by atoms with Crippen molar-refractivity contribution < 1.29 is 14.3 Å². The highest BCUT2D eigenvalue weighted by atomic mass is 16.5. The number of benzene rings is 2. The Morgan fingerprint density at radius 1 is 1.08 bits per heavy atom. The van der Waals surface area contributed by atoms with Gasteiger partial charge in [0.25, 0.3) is 0 Å². The van der Waals surface area contributed by atoms with Crippen LogP contribution in [0.1, 0.15) is 54.6 Å². The molecule has 0 aliphatic carbocycles. The molecule has 2 aromatic rings. The number of ketones is 1. The van der Waals surface area contributed by atoms with Crippen molar-refractivity contribution >= 4 is 5.78 Å². The highest BCUT2D eigenvalue weighted by Crippen LogP contribution is 2.20. The highest BCUT2D eigenvalue weighted by Gasteiger charge is 2.07. The first kappa shape index (κ1) is 18.2. The smallest absolute Gasteiger partial charge is 0.163 e. The van der Waals surface area contributed by atoms with E-state index in [1.807, 2.05) is 18.2 Å². The van der Waals surface area contributed by atoms with Gasteiger partial charge in [-0.05, 0) is 42.5 Å². The summed E-state index contributed by atoms with van der Waals surface area (Å²) in [6, 6.07) is 15.8. The number of carbonyl (C=O) groups excluding carboxylic acids is 1. The number of hydrogen-bond acceptors (Lipinski definition) is 3. The third-order valence-corrected chi connectivity index (χ3v) is 4.15. The molecule has 1 atom stereocenters. The van der Waals surface area contributed by atoms with E-state index in [2.05, 4.69) is 38.1 Å². The van der Waals surface area contributed by atoms with Crippen LogP contribution in [0.25, 0.3) is 0 Å². The molecule has 2 aromatic carbocycles. The summed E-state index contributed by atoms with van der Waals surface area (Å²) < 4.78 is 11.4. The molecule has 24 heavy (non-hydrogen) atoms. The van der Waals surface area contributed by atoms with Gasteiger partial charge in [-0.2, -0.15) is 0 Å². The molecule has 0 heterocycles. The van der Waals surface area contributed by atoms with Crippen LogP contribution in [0, 0.1) is 0 Å². The molecule has 1 unspecified atom stereocenters. The lowest BCUT2D eigenvalue weighted by Gasteiger charge is -2.12. The number of ether oxygens (including phenoxy) is 2. The fourth-order valence-electron chi connectivity index (χ4n) is 2.51. The van der Waals surface area contributed by atoms with Crippen LogP contribution in [0.15, 0.2) is 48.5 Å². The monoisotopic (exact) mass is 326 g/mol. The van der Waals surface area contributed by atoms with Crippen LogP contribution in [0.5, 0.6) is 5.75 Å². The van der Waals surface area contributed by atoms with E-state index >= 15 is 0 Å². The average Bonchev–Trinajstić information content (AvgIpc) is 2.61. The second kappa shape index (κ2) is 9.24. The van der Waals surface area contributed by atoms with Crippen LogP contribution in [-0.2, 0) is 11.3 Å². The molecule has 2 rings (SSSR count). The summed E-state index contributed by atoms with van der Waals surface area (Å²) in [6.07, 6.45) is 1.13. The number of Topliss-reactive ketones (excluding diaryl/α,β-unsaturated/α-hetero) is 1.